The van der Waals surface area contributed by atoms with Crippen LogP contribution in [-0.4, -0.2) is 0 Å². The maximum absolute atomic E-state index is 2.45. The van der Waals surface area contributed by atoms with Gasteiger partial charge < -0.3 is 4.90 Å². The minimum absolute atomic E-state index is 0.615. The summed E-state index contributed by atoms with van der Waals surface area (Å²) in [7, 11) is 0. The van der Waals surface area contributed by atoms with Crippen LogP contribution in [0.4, 0.5) is 17.1 Å². The van der Waals surface area contributed by atoms with E-state index in [0.717, 1.165) is 22.6 Å². The van der Waals surface area contributed by atoms with Gasteiger partial charge in [-0.3, -0.25) is 0 Å². The maximum atomic E-state index is 2.45. The number of para-hydroxylation sites is 1. The molecule has 1 heteroatoms. The second kappa shape index (κ2) is 18.9. The zero-order valence-corrected chi connectivity index (χ0v) is 41.9. The van der Waals surface area contributed by atoms with Crippen LogP contribution in [0.2, 0.25) is 0 Å². The minimum Gasteiger partial charge on any atom is -0.310 e. The van der Waals surface area contributed by atoms with Gasteiger partial charge in [-0.25, -0.2) is 0 Å². The van der Waals surface area contributed by atoms with Crippen LogP contribution in [0.1, 0.15) is 22.3 Å². The predicted octanol–water partition coefficient (Wildman–Crippen LogP) is 20.2. The summed E-state index contributed by atoms with van der Waals surface area (Å²) in [4.78, 5) is 2.45. The highest BCUT2D eigenvalue weighted by molar-refractivity contribution is 6.02. The summed E-state index contributed by atoms with van der Waals surface area (Å²) in [6.07, 6.45) is 0. The summed E-state index contributed by atoms with van der Waals surface area (Å²) < 4.78 is 0. The topological polar surface area (TPSA) is 3.24 Å². The third-order valence-corrected chi connectivity index (χ3v) is 15.8. The molecule has 0 unspecified atom stereocenters. The van der Waals surface area contributed by atoms with Crippen LogP contribution in [-0.2, 0) is 5.41 Å². The molecule has 0 saturated carbocycles. The van der Waals surface area contributed by atoms with Gasteiger partial charge in [0.05, 0.1) is 11.1 Å². The van der Waals surface area contributed by atoms with Crippen LogP contribution >= 0.6 is 0 Å². The molecule has 14 rings (SSSR count). The summed E-state index contributed by atoms with van der Waals surface area (Å²) in [5, 5.41) is 4.97. The normalized spacial score (nSPS) is 12.3. The average Bonchev–Trinajstić information content (AvgIpc) is 3.84. The zero-order chi connectivity index (χ0) is 50.4. The summed E-state index contributed by atoms with van der Waals surface area (Å²) in [6.45, 7) is 0. The Morgan fingerprint density at radius 3 is 1.13 bits per heavy atom. The Bertz CT molecular complexity index is 4020. The number of anilines is 3. The van der Waals surface area contributed by atoms with Crippen LogP contribution in [0.3, 0.4) is 0 Å². The molecule has 0 heterocycles. The zero-order valence-electron chi connectivity index (χ0n) is 41.9. The standard InChI is InChI=1S/C75H51N/c1-3-18-52(19-4-1)54-36-44-60(45-37-54)75(61-46-38-55(39-47-61)53-20-5-2-6-21-53)71-33-13-11-29-70(71)74-69(32-17-34-72(74)75)68-28-12-14-35-73(68)76(62-48-40-58(41-49-62)66-30-15-24-56-22-7-9-26-64(56)66)63-50-42-59(43-51-63)67-31-16-25-57-23-8-10-27-65(57)67/h1-51H. The van der Waals surface area contributed by atoms with Crippen molar-refractivity contribution in [2.45, 2.75) is 5.41 Å². The van der Waals surface area contributed by atoms with Gasteiger partial charge in [0.1, 0.15) is 0 Å². The van der Waals surface area contributed by atoms with Gasteiger partial charge in [-0.1, -0.05) is 279 Å². The Morgan fingerprint density at radius 1 is 0.224 bits per heavy atom. The van der Waals surface area contributed by atoms with E-state index in [2.05, 4.69) is 314 Å². The third kappa shape index (κ3) is 7.55. The summed E-state index contributed by atoms with van der Waals surface area (Å²) >= 11 is 0. The van der Waals surface area contributed by atoms with Crippen molar-refractivity contribution < 1.29 is 0 Å². The van der Waals surface area contributed by atoms with Gasteiger partial charge in [0.2, 0.25) is 0 Å². The van der Waals surface area contributed by atoms with Crippen molar-refractivity contribution in [2.24, 2.45) is 0 Å². The third-order valence-electron chi connectivity index (χ3n) is 15.8. The highest BCUT2D eigenvalue weighted by Gasteiger charge is 2.47. The van der Waals surface area contributed by atoms with Gasteiger partial charge in [0, 0.05) is 16.9 Å². The van der Waals surface area contributed by atoms with E-state index in [9.17, 15) is 0 Å². The lowest BCUT2D eigenvalue weighted by molar-refractivity contribution is 0.769. The molecule has 356 valence electrons. The van der Waals surface area contributed by atoms with Crippen LogP contribution in [0.15, 0.2) is 309 Å². The van der Waals surface area contributed by atoms with E-state index >= 15 is 0 Å². The lowest BCUT2D eigenvalue weighted by Crippen LogP contribution is -2.28. The lowest BCUT2D eigenvalue weighted by atomic mass is 9.67. The number of nitrogens with zero attached hydrogens (tertiary/aromatic N) is 1. The first kappa shape index (κ1) is 44.8. The van der Waals surface area contributed by atoms with E-state index in [1.807, 2.05) is 0 Å². The summed E-state index contributed by atoms with van der Waals surface area (Å²) in [5.74, 6) is 0. The Balaban J connectivity index is 0.962. The van der Waals surface area contributed by atoms with Gasteiger partial charge in [-0.15, -0.1) is 0 Å². The fraction of sp³-hybridized carbons (Fsp3) is 0.0133. The van der Waals surface area contributed by atoms with Crippen molar-refractivity contribution in [1.29, 1.82) is 0 Å². The van der Waals surface area contributed by atoms with Crippen LogP contribution in [0, 0.1) is 0 Å². The van der Waals surface area contributed by atoms with Crippen molar-refractivity contribution in [3.63, 3.8) is 0 Å². The van der Waals surface area contributed by atoms with Crippen molar-refractivity contribution in [3.05, 3.63) is 332 Å². The fourth-order valence-corrected chi connectivity index (χ4v) is 12.3. The van der Waals surface area contributed by atoms with Crippen LogP contribution in [0.25, 0.3) is 88.3 Å². The molecule has 0 aromatic heterocycles. The smallest absolute Gasteiger partial charge is 0.0713 e. The molecule has 0 bridgehead atoms. The molecule has 13 aromatic rings. The van der Waals surface area contributed by atoms with Crippen LogP contribution < -0.4 is 4.90 Å². The number of hydrogen-bond acceptors (Lipinski definition) is 1. The van der Waals surface area contributed by atoms with E-state index in [1.165, 1.54) is 105 Å². The molecular weight excluding hydrogens is 915 g/mol. The summed E-state index contributed by atoms with van der Waals surface area (Å²) in [5.41, 5.74) is 22.1. The molecule has 0 atom stereocenters. The number of benzene rings is 13. The highest BCUT2D eigenvalue weighted by Crippen LogP contribution is 2.59. The second-order valence-electron chi connectivity index (χ2n) is 19.9. The SMILES string of the molecule is c1ccc(-c2ccc(C3(c4ccc(-c5ccccc5)cc4)c4ccccc4-c4c(-c5ccccc5N(c5ccc(-c6cccc7ccccc67)cc5)c5ccc(-c6cccc7ccccc67)cc5)cccc43)cc2)cc1. The highest BCUT2D eigenvalue weighted by atomic mass is 15.1. The lowest BCUT2D eigenvalue weighted by Gasteiger charge is -2.34. The van der Waals surface area contributed by atoms with Gasteiger partial charge in [-0.2, -0.15) is 0 Å². The van der Waals surface area contributed by atoms with Crippen molar-refractivity contribution in [3.8, 4) is 66.8 Å². The number of hydrogen-bond donors (Lipinski definition) is 0. The van der Waals surface area contributed by atoms with E-state index in [1.54, 1.807) is 0 Å². The van der Waals surface area contributed by atoms with Crippen molar-refractivity contribution in [2.75, 3.05) is 4.90 Å². The van der Waals surface area contributed by atoms with E-state index in [0.29, 0.717) is 0 Å². The number of rotatable bonds is 10. The monoisotopic (exact) mass is 965 g/mol. The average molecular weight is 966 g/mol. The molecule has 1 aliphatic carbocycles. The molecule has 0 N–H and O–H groups in total. The van der Waals surface area contributed by atoms with E-state index in [-0.39, 0.29) is 0 Å². The van der Waals surface area contributed by atoms with E-state index < -0.39 is 5.41 Å². The Hall–Kier alpha value is -9.82. The quantitative estimate of drug-likeness (QED) is 0.132. The van der Waals surface area contributed by atoms with Gasteiger partial charge in [0.15, 0.2) is 0 Å². The largest absolute Gasteiger partial charge is 0.310 e. The molecule has 0 saturated heterocycles. The molecule has 13 aromatic carbocycles. The maximum Gasteiger partial charge on any atom is 0.0713 e. The Kier molecular flexibility index (Phi) is 11.2. The molecular formula is C75H51N. The molecule has 0 radical (unpaired) electrons. The molecule has 0 fully saturated rings. The summed E-state index contributed by atoms with van der Waals surface area (Å²) in [6, 6.07) is 114. The first-order valence-electron chi connectivity index (χ1n) is 26.3. The molecule has 1 aliphatic rings. The molecule has 0 amide bonds. The second-order valence-corrected chi connectivity index (χ2v) is 19.9. The minimum atomic E-state index is -0.615. The van der Waals surface area contributed by atoms with Gasteiger partial charge >= 0.3 is 0 Å². The first-order chi connectivity index (χ1) is 37.7. The predicted molar refractivity (Wildman–Crippen MR) is 321 cm³/mol. The fourth-order valence-electron chi connectivity index (χ4n) is 12.3. The molecule has 1 nitrogen and oxygen atoms in total. The first-order valence-corrected chi connectivity index (χ1v) is 26.3. The Labute approximate surface area is 444 Å². The molecule has 0 aliphatic heterocycles. The van der Waals surface area contributed by atoms with Crippen LogP contribution in [0.5, 0.6) is 0 Å². The van der Waals surface area contributed by atoms with Crippen molar-refractivity contribution >= 4 is 38.6 Å². The Morgan fingerprint density at radius 2 is 0.592 bits per heavy atom. The number of fused-ring (bicyclic) bond motifs is 5. The molecule has 76 heavy (non-hydrogen) atoms. The van der Waals surface area contributed by atoms with Gasteiger partial charge in [-0.05, 0) is 135 Å². The molecule has 0 spiro atoms. The van der Waals surface area contributed by atoms with Crippen molar-refractivity contribution in [1.82, 2.24) is 0 Å². The van der Waals surface area contributed by atoms with Gasteiger partial charge in [0.25, 0.3) is 0 Å². The van der Waals surface area contributed by atoms with E-state index in [4.69, 9.17) is 0 Å².